The van der Waals surface area contributed by atoms with Crippen LogP contribution in [0.15, 0.2) is 24.3 Å². The zero-order valence-electron chi connectivity index (χ0n) is 10.9. The number of piperidine rings is 1. The van der Waals surface area contributed by atoms with E-state index in [0.29, 0.717) is 18.0 Å². The molecule has 17 heavy (non-hydrogen) atoms. The van der Waals surface area contributed by atoms with E-state index in [1.54, 1.807) is 0 Å². The molecule has 0 spiro atoms. The first-order valence-electron chi connectivity index (χ1n) is 6.62. The molecule has 2 heteroatoms. The Bertz CT molecular complexity index is 427. The van der Waals surface area contributed by atoms with Crippen molar-refractivity contribution in [3.63, 3.8) is 0 Å². The van der Waals surface area contributed by atoms with Crippen LogP contribution in [0.4, 0.5) is 0 Å². The normalized spacial score (nSPS) is 34.4. The van der Waals surface area contributed by atoms with Gasteiger partial charge in [-0.1, -0.05) is 18.2 Å². The fourth-order valence-corrected chi connectivity index (χ4v) is 3.35. The van der Waals surface area contributed by atoms with Gasteiger partial charge in [-0.05, 0) is 39.7 Å². The van der Waals surface area contributed by atoms with Crippen LogP contribution < -0.4 is 10.1 Å². The van der Waals surface area contributed by atoms with E-state index in [-0.39, 0.29) is 5.60 Å². The van der Waals surface area contributed by atoms with E-state index < -0.39 is 0 Å². The third-order valence-corrected chi connectivity index (χ3v) is 4.30. The van der Waals surface area contributed by atoms with E-state index >= 15 is 0 Å². The second kappa shape index (κ2) is 3.74. The summed E-state index contributed by atoms with van der Waals surface area (Å²) in [6.07, 6.45) is 2.50. The van der Waals surface area contributed by atoms with Crippen molar-refractivity contribution < 1.29 is 4.74 Å². The van der Waals surface area contributed by atoms with Gasteiger partial charge < -0.3 is 10.1 Å². The molecule has 3 atom stereocenters. The van der Waals surface area contributed by atoms with Crippen molar-refractivity contribution in [1.29, 1.82) is 0 Å². The topological polar surface area (TPSA) is 21.3 Å². The number of para-hydroxylation sites is 1. The molecule has 2 heterocycles. The number of benzene rings is 1. The van der Waals surface area contributed by atoms with E-state index in [0.717, 1.165) is 5.75 Å². The lowest BCUT2D eigenvalue weighted by Crippen LogP contribution is -2.53. The molecule has 2 aliphatic rings. The van der Waals surface area contributed by atoms with E-state index in [1.165, 1.54) is 18.4 Å². The van der Waals surface area contributed by atoms with Crippen molar-refractivity contribution in [2.75, 3.05) is 0 Å². The van der Waals surface area contributed by atoms with E-state index in [4.69, 9.17) is 4.74 Å². The summed E-state index contributed by atoms with van der Waals surface area (Å²) < 4.78 is 6.18. The monoisotopic (exact) mass is 231 g/mol. The fourth-order valence-electron chi connectivity index (χ4n) is 3.35. The number of rotatable bonds is 0. The molecule has 0 aliphatic carbocycles. The molecule has 92 valence electrons. The summed E-state index contributed by atoms with van der Waals surface area (Å²) in [5, 5.41) is 3.75. The Kier molecular flexibility index (Phi) is 2.44. The Morgan fingerprint density at radius 2 is 2.00 bits per heavy atom. The predicted octanol–water partition coefficient (Wildman–Crippen LogP) is 3.29. The van der Waals surface area contributed by atoms with E-state index in [9.17, 15) is 0 Å². The minimum Gasteiger partial charge on any atom is -0.487 e. The van der Waals surface area contributed by atoms with Gasteiger partial charge in [0.1, 0.15) is 11.4 Å². The van der Waals surface area contributed by atoms with Crippen LogP contribution in [-0.2, 0) is 0 Å². The molecule has 1 N–H and O–H groups in total. The molecule has 2 aliphatic heterocycles. The molecule has 1 aromatic carbocycles. The zero-order chi connectivity index (χ0) is 12.0. The molecule has 3 rings (SSSR count). The standard InChI is InChI=1S/C15H21NO/c1-10-8-9-12-14(16-10)11-6-4-5-7-13(11)17-15(12,2)3/h4-7,10,12,14,16H,8-9H2,1-3H3/t10-,12+,14-/m0/s1. The van der Waals surface area contributed by atoms with E-state index in [1.807, 2.05) is 0 Å². The SMILES string of the molecule is C[C@H]1CC[C@@H]2[C@@H](N1)c1ccccc1OC2(C)C. The molecular weight excluding hydrogens is 210 g/mol. The van der Waals surface area contributed by atoms with Gasteiger partial charge in [-0.15, -0.1) is 0 Å². The van der Waals surface area contributed by atoms with Gasteiger partial charge in [-0.25, -0.2) is 0 Å². The quantitative estimate of drug-likeness (QED) is 0.740. The molecule has 0 aromatic heterocycles. The molecule has 2 nitrogen and oxygen atoms in total. The molecule has 1 aromatic rings. The number of fused-ring (bicyclic) bond motifs is 3. The van der Waals surface area contributed by atoms with Crippen LogP contribution in [0.5, 0.6) is 5.75 Å². The second-order valence-corrected chi connectivity index (χ2v) is 5.97. The summed E-state index contributed by atoms with van der Waals surface area (Å²) in [5.74, 6) is 1.63. The molecule has 1 fully saturated rings. The van der Waals surface area contributed by atoms with Crippen LogP contribution in [0.1, 0.15) is 45.2 Å². The van der Waals surface area contributed by atoms with Crippen LogP contribution in [-0.4, -0.2) is 11.6 Å². The third kappa shape index (κ3) is 1.75. The first kappa shape index (κ1) is 11.1. The predicted molar refractivity (Wildman–Crippen MR) is 69.2 cm³/mol. The van der Waals surface area contributed by atoms with Crippen molar-refractivity contribution >= 4 is 0 Å². The van der Waals surface area contributed by atoms with Gasteiger partial charge in [0.2, 0.25) is 0 Å². The first-order valence-corrected chi connectivity index (χ1v) is 6.62. The Balaban J connectivity index is 2.05. The maximum Gasteiger partial charge on any atom is 0.124 e. The summed E-state index contributed by atoms with van der Waals surface area (Å²) in [4.78, 5) is 0. The van der Waals surface area contributed by atoms with Gasteiger partial charge >= 0.3 is 0 Å². The molecule has 0 radical (unpaired) electrons. The van der Waals surface area contributed by atoms with Gasteiger partial charge in [-0.2, -0.15) is 0 Å². The Morgan fingerprint density at radius 1 is 1.24 bits per heavy atom. The van der Waals surface area contributed by atoms with Crippen LogP contribution in [0.25, 0.3) is 0 Å². The Hall–Kier alpha value is -1.02. The van der Waals surface area contributed by atoms with Crippen LogP contribution in [0.3, 0.4) is 0 Å². The fraction of sp³-hybridized carbons (Fsp3) is 0.600. The highest BCUT2D eigenvalue weighted by molar-refractivity contribution is 5.40. The van der Waals surface area contributed by atoms with Crippen molar-refractivity contribution in [2.45, 2.75) is 51.3 Å². The highest BCUT2D eigenvalue weighted by atomic mass is 16.5. The lowest BCUT2D eigenvalue weighted by molar-refractivity contribution is -0.0174. The molecule has 0 unspecified atom stereocenters. The minimum absolute atomic E-state index is 0.0633. The van der Waals surface area contributed by atoms with Crippen LogP contribution in [0.2, 0.25) is 0 Å². The molecular formula is C15H21NO. The second-order valence-electron chi connectivity index (χ2n) is 5.97. The maximum atomic E-state index is 6.18. The highest BCUT2D eigenvalue weighted by Gasteiger charge is 2.45. The third-order valence-electron chi connectivity index (χ3n) is 4.30. The molecule has 0 amide bonds. The van der Waals surface area contributed by atoms with Gasteiger partial charge in [0.05, 0.1) is 0 Å². The average molecular weight is 231 g/mol. The largest absolute Gasteiger partial charge is 0.487 e. The van der Waals surface area contributed by atoms with Crippen molar-refractivity contribution in [1.82, 2.24) is 5.32 Å². The number of nitrogens with one attached hydrogen (secondary N) is 1. The van der Waals surface area contributed by atoms with Gasteiger partial charge in [0.15, 0.2) is 0 Å². The van der Waals surface area contributed by atoms with Gasteiger partial charge in [0, 0.05) is 23.6 Å². The minimum atomic E-state index is -0.0633. The molecule has 0 bridgehead atoms. The summed E-state index contributed by atoms with van der Waals surface area (Å²) >= 11 is 0. The number of hydrogen-bond donors (Lipinski definition) is 1. The lowest BCUT2D eigenvalue weighted by Gasteiger charge is -2.49. The van der Waals surface area contributed by atoms with Crippen molar-refractivity contribution in [3.8, 4) is 5.75 Å². The van der Waals surface area contributed by atoms with Gasteiger partial charge in [0.25, 0.3) is 0 Å². The first-order chi connectivity index (χ1) is 8.08. The zero-order valence-corrected chi connectivity index (χ0v) is 10.9. The van der Waals surface area contributed by atoms with Crippen molar-refractivity contribution in [2.24, 2.45) is 5.92 Å². The van der Waals surface area contributed by atoms with Gasteiger partial charge in [-0.3, -0.25) is 0 Å². The Morgan fingerprint density at radius 3 is 2.82 bits per heavy atom. The highest BCUT2D eigenvalue weighted by Crippen LogP contribution is 2.47. The van der Waals surface area contributed by atoms with E-state index in [2.05, 4.69) is 50.4 Å². The Labute approximate surface area is 103 Å². The average Bonchev–Trinajstić information content (AvgIpc) is 2.28. The summed E-state index contributed by atoms with van der Waals surface area (Å²) in [7, 11) is 0. The summed E-state index contributed by atoms with van der Waals surface area (Å²) in [6.45, 7) is 6.72. The maximum absolute atomic E-state index is 6.18. The lowest BCUT2D eigenvalue weighted by atomic mass is 9.73. The summed E-state index contributed by atoms with van der Waals surface area (Å²) in [5.41, 5.74) is 1.27. The van der Waals surface area contributed by atoms with Crippen LogP contribution in [0, 0.1) is 5.92 Å². The van der Waals surface area contributed by atoms with Crippen molar-refractivity contribution in [3.05, 3.63) is 29.8 Å². The molecule has 0 saturated carbocycles. The summed E-state index contributed by atoms with van der Waals surface area (Å²) in [6, 6.07) is 9.53. The molecule has 1 saturated heterocycles. The number of hydrogen-bond acceptors (Lipinski definition) is 2. The smallest absolute Gasteiger partial charge is 0.124 e. The van der Waals surface area contributed by atoms with Crippen LogP contribution >= 0.6 is 0 Å². The number of ether oxygens (including phenoxy) is 1.